The fourth-order valence-corrected chi connectivity index (χ4v) is 7.56. The zero-order valence-electron chi connectivity index (χ0n) is 31.0. The molecule has 1 aliphatic carbocycles. The number of benzene rings is 2. The third kappa shape index (κ3) is 9.80. The lowest BCUT2D eigenvalue weighted by atomic mass is 9.84. The van der Waals surface area contributed by atoms with Crippen molar-refractivity contribution in [2.45, 2.75) is 84.3 Å². The standard InChI is InChI=1S/C41H49F2N5O6/c1-41(2,3)39(40-45-33(30-22-29(42)13-14-31(30)43)24-46(40)23-26-8-5-4-6-9-26)48(38(54)25-49)19-17-32(44)35(51)21-27-11-12-28(20-27)34(50)10-7-18-47-36(52)15-16-37(47)53/h4-6,8-9,13-16,22,24,27-28,32,39,49H,7,10-12,17-21,23,25,44H2,1-3H3/t27-,28+,32-,39-/m0/s1. The molecular formula is C41H49F2N5O6. The first kappa shape index (κ1) is 40.3. The number of carbonyl (C=O) groups excluding carboxylic acids is 5. The van der Waals surface area contributed by atoms with Crippen LogP contribution in [0.15, 0.2) is 66.9 Å². The highest BCUT2D eigenvalue weighted by Gasteiger charge is 2.39. The van der Waals surface area contributed by atoms with Crippen molar-refractivity contribution in [2.24, 2.45) is 23.0 Å². The van der Waals surface area contributed by atoms with Crippen molar-refractivity contribution in [3.63, 3.8) is 0 Å². The largest absolute Gasteiger partial charge is 0.387 e. The summed E-state index contributed by atoms with van der Waals surface area (Å²) in [4.78, 5) is 70.7. The van der Waals surface area contributed by atoms with Gasteiger partial charge in [0, 0.05) is 62.3 Å². The number of nitrogens with zero attached hydrogens (tertiary/aromatic N) is 4. The number of rotatable bonds is 17. The van der Waals surface area contributed by atoms with Crippen molar-refractivity contribution >= 4 is 29.3 Å². The van der Waals surface area contributed by atoms with Gasteiger partial charge in [-0.15, -0.1) is 0 Å². The van der Waals surface area contributed by atoms with E-state index in [0.29, 0.717) is 38.1 Å². The van der Waals surface area contributed by atoms with Gasteiger partial charge in [-0.1, -0.05) is 51.1 Å². The molecule has 1 aliphatic heterocycles. The number of imidazole rings is 1. The van der Waals surface area contributed by atoms with Crippen LogP contribution in [-0.2, 0) is 30.5 Å². The molecule has 4 atom stereocenters. The molecule has 0 radical (unpaired) electrons. The van der Waals surface area contributed by atoms with Crippen LogP contribution in [0.5, 0.6) is 0 Å². The lowest BCUT2D eigenvalue weighted by Gasteiger charge is -2.40. The Morgan fingerprint density at radius 3 is 2.41 bits per heavy atom. The van der Waals surface area contributed by atoms with Crippen molar-refractivity contribution in [1.82, 2.24) is 19.4 Å². The molecule has 1 aromatic heterocycles. The Balaban J connectivity index is 1.28. The van der Waals surface area contributed by atoms with Crippen LogP contribution in [0.2, 0.25) is 0 Å². The second-order valence-electron chi connectivity index (χ2n) is 15.4. The summed E-state index contributed by atoms with van der Waals surface area (Å²) in [5, 5.41) is 10.1. The Labute approximate surface area is 314 Å². The first-order valence-corrected chi connectivity index (χ1v) is 18.5. The van der Waals surface area contributed by atoms with Crippen LogP contribution in [0.25, 0.3) is 11.3 Å². The van der Waals surface area contributed by atoms with Crippen molar-refractivity contribution in [3.8, 4) is 11.3 Å². The quantitative estimate of drug-likeness (QED) is 0.180. The van der Waals surface area contributed by atoms with E-state index < -0.39 is 41.6 Å². The van der Waals surface area contributed by atoms with Crippen molar-refractivity contribution in [2.75, 3.05) is 19.7 Å². The second kappa shape index (κ2) is 17.5. The maximum Gasteiger partial charge on any atom is 0.253 e. The molecule has 2 aliphatic rings. The molecule has 1 fully saturated rings. The summed E-state index contributed by atoms with van der Waals surface area (Å²) < 4.78 is 31.1. The molecule has 5 rings (SSSR count). The summed E-state index contributed by atoms with van der Waals surface area (Å²) in [6, 6.07) is 10.9. The topological polar surface area (TPSA) is 156 Å². The normalized spacial score (nSPS) is 18.3. The average molecular weight is 746 g/mol. The number of aliphatic hydroxyl groups is 1. The van der Waals surface area contributed by atoms with Gasteiger partial charge in [-0.05, 0) is 67.2 Å². The van der Waals surface area contributed by atoms with Crippen LogP contribution in [0.3, 0.4) is 0 Å². The smallest absolute Gasteiger partial charge is 0.253 e. The van der Waals surface area contributed by atoms with Gasteiger partial charge in [0.1, 0.15) is 35.6 Å². The number of ketones is 2. The van der Waals surface area contributed by atoms with E-state index in [1.54, 1.807) is 10.8 Å². The van der Waals surface area contributed by atoms with E-state index >= 15 is 4.39 Å². The highest BCUT2D eigenvalue weighted by Crippen LogP contribution is 2.40. The Morgan fingerprint density at radius 2 is 1.74 bits per heavy atom. The highest BCUT2D eigenvalue weighted by molar-refractivity contribution is 6.12. The molecule has 2 aromatic carbocycles. The maximum atomic E-state index is 15.0. The summed E-state index contributed by atoms with van der Waals surface area (Å²) >= 11 is 0. The fourth-order valence-electron chi connectivity index (χ4n) is 7.56. The van der Waals surface area contributed by atoms with Gasteiger partial charge in [0.2, 0.25) is 5.91 Å². The van der Waals surface area contributed by atoms with Crippen LogP contribution >= 0.6 is 0 Å². The summed E-state index contributed by atoms with van der Waals surface area (Å²) in [5.74, 6) is -2.59. The Hall–Kier alpha value is -4.88. The van der Waals surface area contributed by atoms with Crippen molar-refractivity contribution < 1.29 is 37.9 Å². The summed E-state index contributed by atoms with van der Waals surface area (Å²) in [6.45, 7) is 5.43. The van der Waals surface area contributed by atoms with E-state index in [-0.39, 0.29) is 78.8 Å². The van der Waals surface area contributed by atoms with E-state index in [4.69, 9.17) is 10.7 Å². The van der Waals surface area contributed by atoms with Gasteiger partial charge in [0.05, 0.1) is 17.8 Å². The summed E-state index contributed by atoms with van der Waals surface area (Å²) in [6.07, 6.45) is 6.88. The first-order chi connectivity index (χ1) is 25.7. The lowest BCUT2D eigenvalue weighted by Crippen LogP contribution is -2.46. The predicted octanol–water partition coefficient (Wildman–Crippen LogP) is 5.15. The number of amides is 3. The number of carbonyl (C=O) groups is 5. The van der Waals surface area contributed by atoms with Crippen LogP contribution in [-0.4, -0.2) is 79.5 Å². The number of aliphatic hydroxyl groups excluding tert-OH is 1. The van der Waals surface area contributed by atoms with Gasteiger partial charge in [-0.2, -0.15) is 0 Å². The number of halogens is 2. The van der Waals surface area contributed by atoms with Gasteiger partial charge < -0.3 is 20.3 Å². The molecular weight excluding hydrogens is 696 g/mol. The van der Waals surface area contributed by atoms with Crippen molar-refractivity contribution in [1.29, 1.82) is 0 Å². The minimum Gasteiger partial charge on any atom is -0.387 e. The number of aromatic nitrogens is 2. The molecule has 13 heteroatoms. The number of imide groups is 1. The molecule has 2 heterocycles. The number of Topliss-reactive ketones (excluding diaryl/α,β-unsaturated/α-hetero) is 2. The predicted molar refractivity (Wildman–Crippen MR) is 197 cm³/mol. The molecule has 0 bridgehead atoms. The number of nitrogens with two attached hydrogens (primary N) is 1. The van der Waals surface area contributed by atoms with Gasteiger partial charge in [-0.3, -0.25) is 28.9 Å². The zero-order valence-corrected chi connectivity index (χ0v) is 31.0. The Bertz CT molecular complexity index is 1870. The first-order valence-electron chi connectivity index (χ1n) is 18.5. The molecule has 11 nitrogen and oxygen atoms in total. The molecule has 288 valence electrons. The van der Waals surface area contributed by atoms with Gasteiger partial charge in [0.25, 0.3) is 11.8 Å². The molecule has 0 saturated heterocycles. The average Bonchev–Trinajstić information content (AvgIpc) is 3.86. The van der Waals surface area contributed by atoms with Gasteiger partial charge in [-0.25, -0.2) is 13.8 Å². The molecule has 3 amide bonds. The molecule has 54 heavy (non-hydrogen) atoms. The minimum atomic E-state index is -0.917. The zero-order chi connectivity index (χ0) is 39.2. The van der Waals surface area contributed by atoms with E-state index in [0.717, 1.165) is 28.7 Å². The Morgan fingerprint density at radius 1 is 1.04 bits per heavy atom. The van der Waals surface area contributed by atoms with E-state index in [1.165, 1.54) is 17.1 Å². The highest BCUT2D eigenvalue weighted by atomic mass is 19.1. The number of hydrogen-bond acceptors (Lipinski definition) is 8. The van der Waals surface area contributed by atoms with Crippen LogP contribution in [0, 0.1) is 28.9 Å². The maximum absolute atomic E-state index is 15.0. The third-order valence-corrected chi connectivity index (χ3v) is 10.3. The van der Waals surface area contributed by atoms with Gasteiger partial charge >= 0.3 is 0 Å². The third-order valence-electron chi connectivity index (χ3n) is 10.3. The fraction of sp³-hybridized carbons (Fsp3) is 0.463. The molecule has 0 spiro atoms. The molecule has 3 aromatic rings. The minimum absolute atomic E-state index is 0.0133. The monoisotopic (exact) mass is 745 g/mol. The SMILES string of the molecule is CC(C)(C)[C@H](c1nc(-c2cc(F)ccc2F)cn1Cc1ccccc1)N(CC[C@H](N)C(=O)C[C@H]1CC[C@@H](C(=O)CCCN2C(=O)C=CC2=O)C1)C(=O)CO. The summed E-state index contributed by atoms with van der Waals surface area (Å²) in [5.41, 5.74) is 6.81. The van der Waals surface area contributed by atoms with Crippen LogP contribution in [0.4, 0.5) is 8.78 Å². The lowest BCUT2D eigenvalue weighted by molar-refractivity contribution is -0.140. The molecule has 1 saturated carbocycles. The molecule has 0 unspecified atom stereocenters. The number of hydrogen-bond donors (Lipinski definition) is 2. The Kier molecular flexibility index (Phi) is 13.1. The van der Waals surface area contributed by atoms with E-state index in [1.807, 2.05) is 51.1 Å². The van der Waals surface area contributed by atoms with Crippen LogP contribution < -0.4 is 5.73 Å². The molecule has 3 N–H and O–H groups in total. The van der Waals surface area contributed by atoms with E-state index in [9.17, 15) is 33.5 Å². The van der Waals surface area contributed by atoms with Crippen molar-refractivity contribution in [3.05, 3.63) is 89.9 Å². The van der Waals surface area contributed by atoms with Gasteiger partial charge in [0.15, 0.2) is 0 Å². The summed E-state index contributed by atoms with van der Waals surface area (Å²) in [7, 11) is 0. The second-order valence-corrected chi connectivity index (χ2v) is 15.4. The van der Waals surface area contributed by atoms with Crippen LogP contribution in [0.1, 0.15) is 83.1 Å². The van der Waals surface area contributed by atoms with E-state index in [2.05, 4.69) is 0 Å².